The van der Waals surface area contributed by atoms with E-state index in [2.05, 4.69) is 20.3 Å². The Morgan fingerprint density at radius 1 is 1.22 bits per heavy atom. The molecular formula is C14H11F3N6. The average molecular weight is 320 g/mol. The molecule has 0 aliphatic carbocycles. The van der Waals surface area contributed by atoms with Gasteiger partial charge in [-0.15, -0.1) is 0 Å². The molecule has 118 valence electrons. The lowest BCUT2D eigenvalue weighted by Gasteiger charge is -2.13. The average Bonchev–Trinajstić information content (AvgIpc) is 2.97. The lowest BCUT2D eigenvalue weighted by Crippen LogP contribution is -2.24. The van der Waals surface area contributed by atoms with E-state index >= 15 is 0 Å². The van der Waals surface area contributed by atoms with Gasteiger partial charge in [-0.05, 0) is 24.3 Å². The molecular weight excluding hydrogens is 309 g/mol. The van der Waals surface area contributed by atoms with Crippen molar-refractivity contribution in [3.63, 3.8) is 0 Å². The number of aromatic amines is 1. The molecule has 0 amide bonds. The summed E-state index contributed by atoms with van der Waals surface area (Å²) in [5, 5.41) is 10.8. The standard InChI is InChI=1S/C14H11F3N6/c15-14(16,17)11(19)9-5-7(1-2-10(9)18)23-13-8-3-4-20-12(8)21-6-22-13/h1-6,19H,18H2,(H2,20,21,22,23). The normalized spacial score (nSPS) is 11.6. The van der Waals surface area contributed by atoms with Crippen molar-refractivity contribution in [2.24, 2.45) is 0 Å². The highest BCUT2D eigenvalue weighted by atomic mass is 19.4. The molecule has 2 aromatic heterocycles. The van der Waals surface area contributed by atoms with Crippen molar-refractivity contribution in [2.45, 2.75) is 6.18 Å². The number of benzene rings is 1. The molecule has 0 saturated heterocycles. The van der Waals surface area contributed by atoms with Gasteiger partial charge in [-0.3, -0.25) is 5.41 Å². The smallest absolute Gasteiger partial charge is 0.398 e. The quantitative estimate of drug-likeness (QED) is 0.439. The lowest BCUT2D eigenvalue weighted by atomic mass is 10.1. The number of hydrogen-bond donors (Lipinski definition) is 4. The first-order valence-corrected chi connectivity index (χ1v) is 6.47. The second-order valence-electron chi connectivity index (χ2n) is 4.76. The van der Waals surface area contributed by atoms with E-state index in [0.29, 0.717) is 22.5 Å². The van der Waals surface area contributed by atoms with E-state index in [1.807, 2.05) is 0 Å². The van der Waals surface area contributed by atoms with Gasteiger partial charge in [-0.1, -0.05) is 0 Å². The van der Waals surface area contributed by atoms with Gasteiger partial charge in [0, 0.05) is 23.1 Å². The first-order valence-electron chi connectivity index (χ1n) is 6.47. The van der Waals surface area contributed by atoms with E-state index in [9.17, 15) is 13.2 Å². The van der Waals surface area contributed by atoms with Crippen LogP contribution in [0.1, 0.15) is 5.56 Å². The summed E-state index contributed by atoms with van der Waals surface area (Å²) in [6.45, 7) is 0. The molecule has 5 N–H and O–H groups in total. The number of halogens is 3. The fourth-order valence-corrected chi connectivity index (χ4v) is 2.11. The molecule has 23 heavy (non-hydrogen) atoms. The molecule has 0 atom stereocenters. The molecule has 0 saturated carbocycles. The first kappa shape index (κ1) is 14.8. The molecule has 0 fully saturated rings. The summed E-state index contributed by atoms with van der Waals surface area (Å²) in [5.41, 5.74) is 4.49. The molecule has 1 aromatic carbocycles. The fraction of sp³-hybridized carbons (Fsp3) is 0.0714. The van der Waals surface area contributed by atoms with Crippen LogP contribution in [0.3, 0.4) is 0 Å². The molecule has 0 radical (unpaired) electrons. The zero-order chi connectivity index (χ0) is 16.6. The highest BCUT2D eigenvalue weighted by molar-refractivity contribution is 6.07. The topological polar surface area (TPSA) is 103 Å². The van der Waals surface area contributed by atoms with Crippen molar-refractivity contribution < 1.29 is 13.2 Å². The molecule has 0 aliphatic rings. The van der Waals surface area contributed by atoms with Crippen LogP contribution < -0.4 is 11.1 Å². The summed E-state index contributed by atoms with van der Waals surface area (Å²) in [5.74, 6) is 0.436. The van der Waals surface area contributed by atoms with Gasteiger partial charge in [0.1, 0.15) is 23.5 Å². The van der Waals surface area contributed by atoms with Crippen LogP contribution in [0.25, 0.3) is 11.0 Å². The van der Waals surface area contributed by atoms with Crippen LogP contribution in [0.5, 0.6) is 0 Å². The number of rotatable bonds is 3. The monoisotopic (exact) mass is 320 g/mol. The lowest BCUT2D eigenvalue weighted by molar-refractivity contribution is -0.0587. The summed E-state index contributed by atoms with van der Waals surface area (Å²) >= 11 is 0. The van der Waals surface area contributed by atoms with Crippen LogP contribution in [-0.4, -0.2) is 26.8 Å². The number of anilines is 3. The van der Waals surface area contributed by atoms with Crippen molar-refractivity contribution in [1.29, 1.82) is 5.41 Å². The Morgan fingerprint density at radius 2 is 2.00 bits per heavy atom. The molecule has 6 nitrogen and oxygen atoms in total. The SMILES string of the molecule is N=C(c1cc(Nc2ncnc3[nH]ccc23)ccc1N)C(F)(F)F. The zero-order valence-electron chi connectivity index (χ0n) is 11.6. The van der Waals surface area contributed by atoms with Crippen LogP contribution in [0.15, 0.2) is 36.8 Å². The summed E-state index contributed by atoms with van der Waals surface area (Å²) in [6, 6.07) is 5.75. The molecule has 0 unspecified atom stereocenters. The van der Waals surface area contributed by atoms with Crippen LogP contribution in [0, 0.1) is 5.41 Å². The van der Waals surface area contributed by atoms with E-state index in [1.54, 1.807) is 12.3 Å². The summed E-state index contributed by atoms with van der Waals surface area (Å²) in [6.07, 6.45) is -1.76. The van der Waals surface area contributed by atoms with Gasteiger partial charge in [0.15, 0.2) is 0 Å². The van der Waals surface area contributed by atoms with E-state index in [4.69, 9.17) is 11.1 Å². The number of H-pyrrole nitrogens is 1. The number of fused-ring (bicyclic) bond motifs is 1. The number of nitrogens with two attached hydrogens (primary N) is 1. The maximum absolute atomic E-state index is 12.7. The molecule has 3 aromatic rings. The molecule has 9 heteroatoms. The van der Waals surface area contributed by atoms with Gasteiger partial charge < -0.3 is 16.0 Å². The van der Waals surface area contributed by atoms with Crippen molar-refractivity contribution >= 4 is 33.9 Å². The predicted octanol–water partition coefficient (Wildman–Crippen LogP) is 3.21. The summed E-state index contributed by atoms with van der Waals surface area (Å²) in [7, 11) is 0. The number of aromatic nitrogens is 3. The van der Waals surface area contributed by atoms with Gasteiger partial charge in [-0.2, -0.15) is 13.2 Å². The van der Waals surface area contributed by atoms with Gasteiger partial charge in [-0.25, -0.2) is 9.97 Å². The van der Waals surface area contributed by atoms with E-state index in [1.165, 1.54) is 24.5 Å². The number of hydrogen-bond acceptors (Lipinski definition) is 5. The third kappa shape index (κ3) is 2.80. The van der Waals surface area contributed by atoms with E-state index in [-0.39, 0.29) is 11.3 Å². The van der Waals surface area contributed by atoms with Crippen LogP contribution >= 0.6 is 0 Å². The largest absolute Gasteiger partial charge is 0.433 e. The maximum Gasteiger partial charge on any atom is 0.433 e. The molecule has 0 spiro atoms. The van der Waals surface area contributed by atoms with Gasteiger partial charge >= 0.3 is 6.18 Å². The second kappa shape index (κ2) is 5.27. The van der Waals surface area contributed by atoms with Gasteiger partial charge in [0.25, 0.3) is 0 Å². The Labute approximate surface area is 128 Å². The van der Waals surface area contributed by atoms with Crippen molar-refractivity contribution in [2.75, 3.05) is 11.1 Å². The fourth-order valence-electron chi connectivity index (χ4n) is 2.11. The Morgan fingerprint density at radius 3 is 2.74 bits per heavy atom. The molecule has 3 rings (SSSR count). The minimum Gasteiger partial charge on any atom is -0.398 e. The van der Waals surface area contributed by atoms with Crippen LogP contribution in [0.4, 0.5) is 30.4 Å². The maximum atomic E-state index is 12.7. The molecule has 0 bridgehead atoms. The third-order valence-electron chi connectivity index (χ3n) is 3.22. The second-order valence-corrected chi connectivity index (χ2v) is 4.76. The Balaban J connectivity index is 1.98. The van der Waals surface area contributed by atoms with Crippen molar-refractivity contribution in [1.82, 2.24) is 15.0 Å². The zero-order valence-corrected chi connectivity index (χ0v) is 11.6. The van der Waals surface area contributed by atoms with Crippen molar-refractivity contribution in [3.8, 4) is 0 Å². The number of nitrogen functional groups attached to an aromatic ring is 1. The van der Waals surface area contributed by atoms with Crippen LogP contribution in [-0.2, 0) is 0 Å². The Bertz CT molecular complexity index is 884. The first-order chi connectivity index (χ1) is 10.9. The van der Waals surface area contributed by atoms with Gasteiger partial charge in [0.05, 0.1) is 5.39 Å². The predicted molar refractivity (Wildman–Crippen MR) is 80.9 cm³/mol. The number of nitrogens with one attached hydrogen (secondary N) is 3. The molecule has 0 aliphatic heterocycles. The van der Waals surface area contributed by atoms with E-state index < -0.39 is 11.9 Å². The van der Waals surface area contributed by atoms with E-state index in [0.717, 1.165) is 0 Å². The summed E-state index contributed by atoms with van der Waals surface area (Å²) < 4.78 is 38.1. The van der Waals surface area contributed by atoms with Crippen LogP contribution in [0.2, 0.25) is 0 Å². The Hall–Kier alpha value is -3.10. The highest BCUT2D eigenvalue weighted by Crippen LogP contribution is 2.29. The number of nitrogens with zero attached hydrogens (tertiary/aromatic N) is 2. The summed E-state index contributed by atoms with van der Waals surface area (Å²) in [4.78, 5) is 11.0. The third-order valence-corrected chi connectivity index (χ3v) is 3.22. The van der Waals surface area contributed by atoms with Gasteiger partial charge in [0.2, 0.25) is 0 Å². The van der Waals surface area contributed by atoms with Crippen molar-refractivity contribution in [3.05, 3.63) is 42.4 Å². The molecule has 2 heterocycles. The highest BCUT2D eigenvalue weighted by Gasteiger charge is 2.36. The minimum absolute atomic E-state index is 0.118. The minimum atomic E-state index is -4.77. The number of alkyl halides is 3. The Kier molecular flexibility index (Phi) is 3.40.